The number of anilines is 1. The average molecular weight is 507 g/mol. The zero-order valence-corrected chi connectivity index (χ0v) is 20.1. The van der Waals surface area contributed by atoms with Crippen molar-refractivity contribution in [2.45, 2.75) is 6.61 Å². The number of esters is 1. The van der Waals surface area contributed by atoms with E-state index in [0.717, 1.165) is 16.5 Å². The molecule has 37 heavy (non-hydrogen) atoms. The van der Waals surface area contributed by atoms with E-state index in [-0.39, 0.29) is 35.0 Å². The smallest absolute Gasteiger partial charge is 0.377 e. The van der Waals surface area contributed by atoms with Gasteiger partial charge in [0.05, 0.1) is 14.2 Å². The van der Waals surface area contributed by atoms with Gasteiger partial charge in [0.15, 0.2) is 5.82 Å². The Labute approximate surface area is 210 Å². The molecule has 4 aromatic rings. The van der Waals surface area contributed by atoms with Crippen LogP contribution >= 0.6 is 0 Å². The molecule has 11 nitrogen and oxygen atoms in total. The lowest BCUT2D eigenvalue weighted by Crippen LogP contribution is -2.39. The van der Waals surface area contributed by atoms with Crippen LogP contribution in [-0.2, 0) is 11.3 Å². The molecule has 12 heteroatoms. The minimum absolute atomic E-state index is 0.0365. The van der Waals surface area contributed by atoms with E-state index in [9.17, 15) is 18.8 Å². The minimum Gasteiger partial charge on any atom is -0.496 e. The predicted molar refractivity (Wildman–Crippen MR) is 130 cm³/mol. The quantitative estimate of drug-likeness (QED) is 0.277. The first kappa shape index (κ1) is 25.1. The maximum atomic E-state index is 14.4. The lowest BCUT2D eigenvalue weighted by atomic mass is 10.1. The highest BCUT2D eigenvalue weighted by Crippen LogP contribution is 2.27. The molecule has 1 aromatic heterocycles. The van der Waals surface area contributed by atoms with Gasteiger partial charge >= 0.3 is 17.7 Å². The van der Waals surface area contributed by atoms with Crippen LogP contribution in [0.15, 0.2) is 71.5 Å². The fourth-order valence-corrected chi connectivity index (χ4v) is 3.48. The first-order valence-corrected chi connectivity index (χ1v) is 10.9. The molecule has 0 N–H and O–H groups in total. The second-order valence-corrected chi connectivity index (χ2v) is 7.66. The van der Waals surface area contributed by atoms with E-state index in [1.54, 1.807) is 0 Å². The van der Waals surface area contributed by atoms with Crippen LogP contribution in [0.4, 0.5) is 14.9 Å². The number of ether oxygens (including phenoxy) is 3. The van der Waals surface area contributed by atoms with Gasteiger partial charge in [0.2, 0.25) is 0 Å². The van der Waals surface area contributed by atoms with Gasteiger partial charge in [0.1, 0.15) is 29.4 Å². The SMILES string of the molecule is COc1cc(N(C)C(=O)n2nnn(-c3c(F)cccc3OC)c2=O)ccc1C(=O)OCc1ccccc1. The number of tetrazole rings is 1. The lowest BCUT2D eigenvalue weighted by molar-refractivity contribution is 0.0469. The Morgan fingerprint density at radius 3 is 2.38 bits per heavy atom. The molecule has 0 radical (unpaired) electrons. The maximum absolute atomic E-state index is 14.4. The Hall–Kier alpha value is -5.00. The first-order valence-electron chi connectivity index (χ1n) is 10.9. The monoisotopic (exact) mass is 507 g/mol. The highest BCUT2D eigenvalue weighted by Gasteiger charge is 2.24. The van der Waals surface area contributed by atoms with Gasteiger partial charge in [-0.1, -0.05) is 36.4 Å². The van der Waals surface area contributed by atoms with Crippen molar-refractivity contribution >= 4 is 17.7 Å². The van der Waals surface area contributed by atoms with Crippen molar-refractivity contribution in [2.75, 3.05) is 26.2 Å². The largest absolute Gasteiger partial charge is 0.496 e. The Balaban J connectivity index is 1.57. The fourth-order valence-electron chi connectivity index (χ4n) is 3.48. The minimum atomic E-state index is -1.01. The summed E-state index contributed by atoms with van der Waals surface area (Å²) in [6, 6.07) is 16.6. The van der Waals surface area contributed by atoms with Crippen molar-refractivity contribution in [2.24, 2.45) is 0 Å². The number of rotatable bonds is 7. The van der Waals surface area contributed by atoms with E-state index >= 15 is 0 Å². The molecule has 0 aliphatic heterocycles. The van der Waals surface area contributed by atoms with Gasteiger partial charge in [0.25, 0.3) is 0 Å². The third-order valence-corrected chi connectivity index (χ3v) is 5.44. The van der Waals surface area contributed by atoms with Crippen LogP contribution in [0.2, 0.25) is 0 Å². The number of para-hydroxylation sites is 1. The van der Waals surface area contributed by atoms with Crippen LogP contribution in [0, 0.1) is 5.82 Å². The van der Waals surface area contributed by atoms with E-state index in [0.29, 0.717) is 9.36 Å². The molecule has 0 saturated heterocycles. The molecule has 0 fully saturated rings. The van der Waals surface area contributed by atoms with Gasteiger partial charge in [-0.3, -0.25) is 4.90 Å². The molecule has 4 rings (SSSR count). The van der Waals surface area contributed by atoms with Crippen molar-refractivity contribution in [1.29, 1.82) is 0 Å². The van der Waals surface area contributed by atoms with Crippen molar-refractivity contribution in [3.63, 3.8) is 0 Å². The number of methoxy groups -OCH3 is 2. The second kappa shape index (κ2) is 10.7. The summed E-state index contributed by atoms with van der Waals surface area (Å²) >= 11 is 0. The van der Waals surface area contributed by atoms with Crippen LogP contribution in [0.5, 0.6) is 11.5 Å². The lowest BCUT2D eigenvalue weighted by Gasteiger charge is -2.18. The number of nitrogens with zero attached hydrogens (tertiary/aromatic N) is 5. The first-order chi connectivity index (χ1) is 17.8. The van der Waals surface area contributed by atoms with Crippen LogP contribution < -0.4 is 20.1 Å². The number of amides is 1. The predicted octanol–water partition coefficient (Wildman–Crippen LogP) is 3.05. The van der Waals surface area contributed by atoms with Gasteiger partial charge in [0, 0.05) is 18.8 Å². The summed E-state index contributed by atoms with van der Waals surface area (Å²) in [5, 5.41) is 7.23. The molecule has 0 aliphatic rings. The summed E-state index contributed by atoms with van der Waals surface area (Å²) in [5.41, 5.74) is -0.0301. The van der Waals surface area contributed by atoms with Gasteiger partial charge in [-0.25, -0.2) is 18.8 Å². The van der Waals surface area contributed by atoms with E-state index in [1.165, 1.54) is 51.6 Å². The zero-order chi connectivity index (χ0) is 26.5. The number of aromatic nitrogens is 4. The Morgan fingerprint density at radius 2 is 1.68 bits per heavy atom. The Bertz CT molecular complexity index is 1500. The van der Waals surface area contributed by atoms with Gasteiger partial charge in [-0.05, 0) is 40.3 Å². The number of benzene rings is 3. The number of hydrogen-bond donors (Lipinski definition) is 0. The van der Waals surface area contributed by atoms with Gasteiger partial charge < -0.3 is 14.2 Å². The van der Waals surface area contributed by atoms with Crippen LogP contribution in [0.3, 0.4) is 0 Å². The summed E-state index contributed by atoms with van der Waals surface area (Å²) in [4.78, 5) is 39.6. The molecule has 0 atom stereocenters. The number of halogens is 1. The summed E-state index contributed by atoms with van der Waals surface area (Å²) in [7, 11) is 4.06. The van der Waals surface area contributed by atoms with E-state index in [4.69, 9.17) is 14.2 Å². The molecule has 0 unspecified atom stereocenters. The molecule has 1 amide bonds. The molecule has 1 heterocycles. The van der Waals surface area contributed by atoms with Crippen molar-refractivity contribution in [1.82, 2.24) is 19.8 Å². The van der Waals surface area contributed by atoms with E-state index in [1.807, 2.05) is 30.3 Å². The highest BCUT2D eigenvalue weighted by atomic mass is 19.1. The number of carbonyl (C=O) groups excluding carboxylic acids is 2. The van der Waals surface area contributed by atoms with Crippen molar-refractivity contribution in [3.05, 3.63) is 94.2 Å². The second-order valence-electron chi connectivity index (χ2n) is 7.66. The van der Waals surface area contributed by atoms with Gasteiger partial charge in [-0.15, -0.1) is 4.68 Å². The van der Waals surface area contributed by atoms with Crippen LogP contribution in [0.25, 0.3) is 5.69 Å². The number of hydrogen-bond acceptors (Lipinski definition) is 8. The van der Waals surface area contributed by atoms with E-state index < -0.39 is 23.5 Å². The topological polar surface area (TPSA) is 118 Å². The molecular formula is C25H22FN5O6. The molecular weight excluding hydrogens is 485 g/mol. The summed E-state index contributed by atoms with van der Waals surface area (Å²) in [6.07, 6.45) is 0. The van der Waals surface area contributed by atoms with Crippen LogP contribution in [0.1, 0.15) is 15.9 Å². The molecule has 0 bridgehead atoms. The van der Waals surface area contributed by atoms with Crippen molar-refractivity contribution in [3.8, 4) is 17.2 Å². The third kappa shape index (κ3) is 5.03. The standard InChI is InChI=1S/C25H22FN5O6/c1-29(24(33)31-25(34)30(27-28-31)22-19(26)10-7-11-20(22)35-2)17-12-13-18(21(14-17)36-3)23(32)37-15-16-8-5-4-6-9-16/h4-14H,15H2,1-3H3. The van der Waals surface area contributed by atoms with Crippen molar-refractivity contribution < 1.29 is 28.2 Å². The van der Waals surface area contributed by atoms with E-state index in [2.05, 4.69) is 10.4 Å². The molecule has 190 valence electrons. The third-order valence-electron chi connectivity index (χ3n) is 5.44. The molecule has 0 saturated carbocycles. The molecule has 3 aromatic carbocycles. The molecule has 0 aliphatic carbocycles. The normalized spacial score (nSPS) is 10.6. The summed E-state index contributed by atoms with van der Waals surface area (Å²) < 4.78 is 31.3. The summed E-state index contributed by atoms with van der Waals surface area (Å²) in [6.45, 7) is 0.0777. The number of carbonyl (C=O) groups is 2. The Morgan fingerprint density at radius 1 is 0.946 bits per heavy atom. The zero-order valence-electron chi connectivity index (χ0n) is 20.1. The average Bonchev–Trinajstić information content (AvgIpc) is 3.31. The highest BCUT2D eigenvalue weighted by molar-refractivity contribution is 5.96. The maximum Gasteiger partial charge on any atom is 0.377 e. The fraction of sp³-hybridized carbons (Fsp3) is 0.160. The van der Waals surface area contributed by atoms with Crippen LogP contribution in [-0.4, -0.2) is 53.1 Å². The summed E-state index contributed by atoms with van der Waals surface area (Å²) in [5.74, 6) is -1.20. The molecule has 0 spiro atoms. The van der Waals surface area contributed by atoms with Gasteiger partial charge in [-0.2, -0.15) is 4.68 Å². The Kier molecular flexibility index (Phi) is 7.28.